The number of benzene rings is 1. The van der Waals surface area contributed by atoms with Crippen LogP contribution in [0.3, 0.4) is 0 Å². The number of hydrogen-bond donors (Lipinski definition) is 5. The van der Waals surface area contributed by atoms with Crippen molar-refractivity contribution < 1.29 is 82.2 Å². The lowest BCUT2D eigenvalue weighted by atomic mass is 9.75. The van der Waals surface area contributed by atoms with Crippen LogP contribution >= 0.6 is 0 Å². The van der Waals surface area contributed by atoms with Gasteiger partial charge in [-0.1, -0.05) is 26.8 Å². The zero-order chi connectivity index (χ0) is 56.7. The van der Waals surface area contributed by atoms with E-state index in [-0.39, 0.29) is 43.4 Å². The van der Waals surface area contributed by atoms with E-state index in [1.165, 1.54) is 27.3 Å². The highest BCUT2D eigenvalue weighted by molar-refractivity contribution is 5.93. The van der Waals surface area contributed by atoms with Crippen molar-refractivity contribution in [2.45, 2.75) is 185 Å². The minimum Gasteiger partial charge on any atom is -0.477 e. The Morgan fingerprint density at radius 3 is 2.29 bits per heavy atom. The second-order valence-electron chi connectivity index (χ2n) is 22.1. The van der Waals surface area contributed by atoms with Gasteiger partial charge in [0.2, 0.25) is 5.43 Å². The van der Waals surface area contributed by atoms with E-state index in [0.29, 0.717) is 69.6 Å². The van der Waals surface area contributed by atoms with Gasteiger partial charge in [-0.25, -0.2) is 4.79 Å². The number of esters is 2. The first-order chi connectivity index (χ1) is 36.4. The van der Waals surface area contributed by atoms with E-state index in [9.17, 15) is 44.4 Å². The van der Waals surface area contributed by atoms with Crippen molar-refractivity contribution in [2.75, 3.05) is 72.7 Å². The molecule has 5 N–H and O–H groups in total. The summed E-state index contributed by atoms with van der Waals surface area (Å²) in [5.41, 5.74) is -2.90. The average molecular weight is 1090 g/mol. The van der Waals surface area contributed by atoms with E-state index in [0.717, 1.165) is 5.56 Å². The molecule has 2 aromatic rings. The molecule has 434 valence electrons. The number of carbonyl (C=O) groups is 4. The van der Waals surface area contributed by atoms with Crippen molar-refractivity contribution in [3.63, 3.8) is 0 Å². The Labute approximate surface area is 451 Å². The molecule has 5 heterocycles. The van der Waals surface area contributed by atoms with Crippen LogP contribution in [0.15, 0.2) is 29.2 Å². The van der Waals surface area contributed by atoms with E-state index in [2.05, 4.69) is 5.32 Å². The first-order valence-corrected chi connectivity index (χ1v) is 27.2. The Kier molecular flexibility index (Phi) is 21.6. The second kappa shape index (κ2) is 26.9. The minimum absolute atomic E-state index is 0.0257. The number of aromatic nitrogens is 1. The van der Waals surface area contributed by atoms with Crippen LogP contribution in [0.4, 0.5) is 0 Å². The maximum atomic E-state index is 14.4. The third-order valence-electron chi connectivity index (χ3n) is 16.2. The molecule has 22 nitrogen and oxygen atoms in total. The summed E-state index contributed by atoms with van der Waals surface area (Å²) >= 11 is 0. The molecule has 0 saturated carbocycles. The summed E-state index contributed by atoms with van der Waals surface area (Å²) in [5, 5.41) is 50.2. The molecular formula is C55H86N4O18. The number of carboxylic acid groups (broad SMARTS) is 1. The number of pyridine rings is 1. The lowest BCUT2D eigenvalue weighted by Crippen LogP contribution is -2.60. The van der Waals surface area contributed by atoms with E-state index in [1.807, 2.05) is 43.1 Å². The molecule has 1 aromatic heterocycles. The Balaban J connectivity index is 1.14. The maximum Gasteiger partial charge on any atom is 0.341 e. The van der Waals surface area contributed by atoms with Gasteiger partial charge in [-0.3, -0.25) is 23.9 Å². The van der Waals surface area contributed by atoms with E-state index < -0.39 is 119 Å². The van der Waals surface area contributed by atoms with Crippen LogP contribution in [-0.4, -0.2) is 206 Å². The number of Topliss-reactive ketones (excluding diaryl/α,β-unsaturated/α-hetero) is 1. The Hall–Kier alpha value is -4.17. The third kappa shape index (κ3) is 14.4. The Morgan fingerprint density at radius 1 is 0.948 bits per heavy atom. The molecule has 4 fully saturated rings. The number of carbonyl (C=O) groups excluding carboxylic acids is 3. The molecule has 77 heavy (non-hydrogen) atoms. The first-order valence-electron chi connectivity index (χ1n) is 27.2. The summed E-state index contributed by atoms with van der Waals surface area (Å²) in [7, 11) is 6.66. The lowest BCUT2D eigenvalue weighted by molar-refractivity contribution is -0.313. The molecular weight excluding hydrogens is 1000 g/mol. The number of morpholine rings is 1. The van der Waals surface area contributed by atoms with Gasteiger partial charge in [0.15, 0.2) is 24.5 Å². The van der Waals surface area contributed by atoms with Gasteiger partial charge in [0.1, 0.15) is 35.6 Å². The fourth-order valence-corrected chi connectivity index (χ4v) is 11.5. The van der Waals surface area contributed by atoms with Crippen molar-refractivity contribution in [2.24, 2.45) is 17.8 Å². The topological polar surface area (TPSA) is 273 Å². The summed E-state index contributed by atoms with van der Waals surface area (Å²) in [4.78, 5) is 68.9. The molecule has 6 rings (SSSR count). The van der Waals surface area contributed by atoms with Crippen LogP contribution in [0.25, 0.3) is 10.9 Å². The van der Waals surface area contributed by atoms with E-state index in [4.69, 9.17) is 42.6 Å². The zero-order valence-corrected chi connectivity index (χ0v) is 47.0. The monoisotopic (exact) mass is 1090 g/mol. The van der Waals surface area contributed by atoms with E-state index in [1.54, 1.807) is 52.3 Å². The summed E-state index contributed by atoms with van der Waals surface area (Å²) in [5.74, 6) is -6.08. The number of aryl methyl sites for hydroxylation is 1. The van der Waals surface area contributed by atoms with Crippen LogP contribution in [0, 0.1) is 17.8 Å². The number of fused-ring (bicyclic) bond motifs is 1. The number of nitrogens with zero attached hydrogens (tertiary/aromatic N) is 3. The number of carboxylic acids is 1. The van der Waals surface area contributed by atoms with E-state index >= 15 is 0 Å². The number of nitrogens with one attached hydrogen (secondary N) is 1. The van der Waals surface area contributed by atoms with Gasteiger partial charge in [0.25, 0.3) is 0 Å². The van der Waals surface area contributed by atoms with Crippen LogP contribution in [-0.2, 0) is 63.4 Å². The molecule has 1 aromatic carbocycles. The number of aromatic carboxylic acids is 1. The van der Waals surface area contributed by atoms with Crippen LogP contribution in [0.1, 0.15) is 110 Å². The molecule has 0 unspecified atom stereocenters. The van der Waals surface area contributed by atoms with Crippen LogP contribution in [0.2, 0.25) is 0 Å². The number of aliphatic hydroxyl groups excluding tert-OH is 2. The quantitative estimate of drug-likeness (QED) is 0.106. The molecule has 4 saturated heterocycles. The molecule has 0 bridgehead atoms. The number of ether oxygens (including phenoxy) is 9. The molecule has 0 radical (unpaired) electrons. The largest absolute Gasteiger partial charge is 0.477 e. The standard InChI is InChI=1S/C55H86N4O18/c1-13-41-55(8,68)49(64)44(61)30(2)28-54(7,70-12)50(77-53-46(63)39(57(9)10)25-31(3)72-53)32(4)47(33(5)52(67)74-41)76-43-27-40(69-11)48(34(6)73-43)75-42(60)18-20-56-19-14-15-35-16-17-38-36(26-35)45(62)37(51(65)66)29-59(38)58-21-23-71-24-22-58/h16-17,26,29-34,39-41,43,46-50,53,56,63-64,68H,13-15,18-25,27-28H2,1-12H3,(H,65,66)/t30-,31-,32+,33-,34+,39+,40-,41-,43+,46-,47+,48+,49-,50-,53+,54-,55-/m1/s1. The van der Waals surface area contributed by atoms with Gasteiger partial charge < -0.3 is 78.3 Å². The molecule has 17 atom stereocenters. The second-order valence-corrected chi connectivity index (χ2v) is 22.1. The summed E-state index contributed by atoms with van der Waals surface area (Å²) in [6.45, 7) is 16.3. The highest BCUT2D eigenvalue weighted by atomic mass is 16.7. The fraction of sp³-hybridized carbons (Fsp3) is 0.764. The predicted molar refractivity (Wildman–Crippen MR) is 281 cm³/mol. The van der Waals surface area contributed by atoms with Gasteiger partial charge in [-0.15, -0.1) is 0 Å². The molecule has 4 aliphatic rings. The SMILES string of the molecule is CC[C@H]1OC(=O)[C@H](C)[C@@H](O[C@H]2C[C@@H](OC)[C@@H](OC(=O)CCNCCCc3ccc4c(c3)c(=O)c(C(=O)O)cn4N3CCOCC3)[C@H](C)O2)[C@H](C)[C@@H](O[C@@H]2O[C@H](C)C[C@H](N(C)C)[C@H]2O)[C@](C)(OC)C[C@@H](C)C(=O)[C@@H](O)[C@]1(C)O. The van der Waals surface area contributed by atoms with Gasteiger partial charge >= 0.3 is 17.9 Å². The summed E-state index contributed by atoms with van der Waals surface area (Å²) in [6, 6.07) is 5.17. The molecule has 0 aliphatic carbocycles. The van der Waals surface area contributed by atoms with Crippen molar-refractivity contribution >= 4 is 34.6 Å². The Bertz CT molecular complexity index is 2380. The van der Waals surface area contributed by atoms with Crippen LogP contribution in [0.5, 0.6) is 0 Å². The van der Waals surface area contributed by atoms with Crippen molar-refractivity contribution in [1.29, 1.82) is 0 Å². The number of hydrogen-bond acceptors (Lipinski definition) is 20. The average Bonchev–Trinajstić information content (AvgIpc) is 3.40. The van der Waals surface area contributed by atoms with Crippen LogP contribution < -0.4 is 15.8 Å². The lowest BCUT2D eigenvalue weighted by Gasteiger charge is -2.48. The van der Waals surface area contributed by atoms with Gasteiger partial charge in [0, 0.05) is 56.6 Å². The van der Waals surface area contributed by atoms with Gasteiger partial charge in [0.05, 0.1) is 74.2 Å². The number of cyclic esters (lactones) is 1. The zero-order valence-electron chi connectivity index (χ0n) is 47.0. The normalized spacial score (nSPS) is 35.9. The Morgan fingerprint density at radius 2 is 1.65 bits per heavy atom. The molecule has 4 aliphatic heterocycles. The van der Waals surface area contributed by atoms with Gasteiger partial charge in [-0.2, -0.15) is 0 Å². The smallest absolute Gasteiger partial charge is 0.341 e. The number of methoxy groups -OCH3 is 2. The highest BCUT2D eigenvalue weighted by Gasteiger charge is 2.54. The van der Waals surface area contributed by atoms with Crippen molar-refractivity contribution in [3.8, 4) is 0 Å². The number of ketones is 1. The van der Waals surface area contributed by atoms with Crippen molar-refractivity contribution in [3.05, 3.63) is 45.7 Å². The number of aliphatic hydroxyl groups is 3. The fourth-order valence-electron chi connectivity index (χ4n) is 11.5. The summed E-state index contributed by atoms with van der Waals surface area (Å²) < 4.78 is 57.7. The van der Waals surface area contributed by atoms with Crippen molar-refractivity contribution in [1.82, 2.24) is 14.9 Å². The molecule has 0 spiro atoms. The maximum absolute atomic E-state index is 14.4. The molecule has 22 heteroatoms. The third-order valence-corrected chi connectivity index (χ3v) is 16.2. The predicted octanol–water partition coefficient (Wildman–Crippen LogP) is 2.56. The summed E-state index contributed by atoms with van der Waals surface area (Å²) in [6.07, 6.45) is -8.02. The molecule has 0 amide bonds. The highest BCUT2D eigenvalue weighted by Crippen LogP contribution is 2.41. The minimum atomic E-state index is -2.17. The van der Waals surface area contributed by atoms with Gasteiger partial charge in [-0.05, 0) is 105 Å². The first kappa shape index (κ1) is 62.0. The number of rotatable bonds is 18. The number of likely N-dealkylation sites (N-methyl/N-ethyl adjacent to an activating group) is 1.